The van der Waals surface area contributed by atoms with Gasteiger partial charge in [-0.05, 0) is 18.5 Å². The first kappa shape index (κ1) is 10.7. The first-order valence-corrected chi connectivity index (χ1v) is 4.84. The standard InChI is InChI=1S/C7H11N3O3S/c1-3-13-5(11)4-8-6-9-7(12)10(2)14-6/h3-4H2,1-2H3,(H,8,9,12). The maximum absolute atomic E-state index is 10.9. The Morgan fingerprint density at radius 2 is 2.43 bits per heavy atom. The quantitative estimate of drug-likeness (QED) is 0.708. The van der Waals surface area contributed by atoms with Gasteiger partial charge in [0.05, 0.1) is 6.61 Å². The molecule has 1 N–H and O–H groups in total. The Bertz CT molecular complexity index is 371. The van der Waals surface area contributed by atoms with Crippen LogP contribution in [0.1, 0.15) is 6.92 Å². The molecule has 0 radical (unpaired) electrons. The van der Waals surface area contributed by atoms with Crippen molar-refractivity contribution in [2.45, 2.75) is 6.92 Å². The van der Waals surface area contributed by atoms with E-state index in [1.165, 1.54) is 3.96 Å². The Kier molecular flexibility index (Phi) is 3.63. The summed E-state index contributed by atoms with van der Waals surface area (Å²) >= 11 is 1.15. The number of carbonyl (C=O) groups excluding carboxylic acids is 1. The molecule has 1 aromatic heterocycles. The summed E-state index contributed by atoms with van der Waals surface area (Å²) in [5.74, 6) is -0.363. The Labute approximate surface area is 84.7 Å². The molecule has 0 saturated carbocycles. The smallest absolute Gasteiger partial charge is 0.359 e. The summed E-state index contributed by atoms with van der Waals surface area (Å²) in [5.41, 5.74) is -0.332. The first-order chi connectivity index (χ1) is 6.63. The van der Waals surface area contributed by atoms with Crippen molar-refractivity contribution < 1.29 is 9.53 Å². The maximum Gasteiger partial charge on any atom is 0.359 e. The Morgan fingerprint density at radius 1 is 1.71 bits per heavy atom. The van der Waals surface area contributed by atoms with Crippen LogP contribution in [0, 0.1) is 0 Å². The van der Waals surface area contributed by atoms with Crippen molar-refractivity contribution >= 4 is 22.6 Å². The van der Waals surface area contributed by atoms with Crippen LogP contribution in [0.2, 0.25) is 0 Å². The topological polar surface area (TPSA) is 73.2 Å². The predicted molar refractivity (Wildman–Crippen MR) is 52.5 cm³/mol. The third-order valence-electron chi connectivity index (χ3n) is 1.38. The van der Waals surface area contributed by atoms with E-state index in [1.54, 1.807) is 14.0 Å². The highest BCUT2D eigenvalue weighted by Crippen LogP contribution is 2.05. The molecule has 0 aliphatic heterocycles. The van der Waals surface area contributed by atoms with Crippen molar-refractivity contribution in [1.29, 1.82) is 0 Å². The van der Waals surface area contributed by atoms with Crippen molar-refractivity contribution in [2.24, 2.45) is 7.05 Å². The van der Waals surface area contributed by atoms with Gasteiger partial charge in [-0.25, -0.2) is 8.75 Å². The van der Waals surface area contributed by atoms with Crippen LogP contribution in [0.15, 0.2) is 4.79 Å². The van der Waals surface area contributed by atoms with Crippen LogP contribution in [0.5, 0.6) is 0 Å². The van der Waals surface area contributed by atoms with Gasteiger partial charge in [-0.3, -0.25) is 4.79 Å². The lowest BCUT2D eigenvalue weighted by molar-refractivity contribution is -0.140. The molecule has 1 rings (SSSR count). The van der Waals surface area contributed by atoms with Gasteiger partial charge in [-0.2, -0.15) is 4.98 Å². The third-order valence-corrected chi connectivity index (χ3v) is 2.22. The largest absolute Gasteiger partial charge is 0.465 e. The minimum atomic E-state index is -0.363. The van der Waals surface area contributed by atoms with Gasteiger partial charge >= 0.3 is 11.7 Å². The molecular weight excluding hydrogens is 206 g/mol. The van der Waals surface area contributed by atoms with E-state index in [2.05, 4.69) is 10.3 Å². The second kappa shape index (κ2) is 4.75. The van der Waals surface area contributed by atoms with E-state index in [4.69, 9.17) is 4.74 Å². The first-order valence-electron chi connectivity index (χ1n) is 4.07. The van der Waals surface area contributed by atoms with E-state index in [1.807, 2.05) is 0 Å². The molecule has 0 fully saturated rings. The lowest BCUT2D eigenvalue weighted by Gasteiger charge is -2.01. The van der Waals surface area contributed by atoms with Crippen molar-refractivity contribution in [1.82, 2.24) is 8.94 Å². The third kappa shape index (κ3) is 2.84. The van der Waals surface area contributed by atoms with Crippen molar-refractivity contribution in [2.75, 3.05) is 18.5 Å². The van der Waals surface area contributed by atoms with Gasteiger partial charge < -0.3 is 10.1 Å². The number of hydrogen-bond donors (Lipinski definition) is 1. The summed E-state index contributed by atoms with van der Waals surface area (Å²) in [6, 6.07) is 0. The van der Waals surface area contributed by atoms with Crippen molar-refractivity contribution in [3.8, 4) is 0 Å². The van der Waals surface area contributed by atoms with Crippen molar-refractivity contribution in [3.63, 3.8) is 0 Å². The summed E-state index contributed by atoms with van der Waals surface area (Å²) in [4.78, 5) is 25.5. The normalized spacial score (nSPS) is 9.86. The maximum atomic E-state index is 10.9. The minimum absolute atomic E-state index is 0.0286. The molecule has 7 heteroatoms. The lowest BCUT2D eigenvalue weighted by Crippen LogP contribution is -2.17. The molecule has 0 unspecified atom stereocenters. The fourth-order valence-corrected chi connectivity index (χ4v) is 1.41. The van der Waals surface area contributed by atoms with Gasteiger partial charge in [0, 0.05) is 7.05 Å². The molecule has 6 nitrogen and oxygen atoms in total. The van der Waals surface area contributed by atoms with Gasteiger partial charge in [-0.15, -0.1) is 0 Å². The molecule has 1 heterocycles. The zero-order valence-electron chi connectivity index (χ0n) is 7.94. The van der Waals surface area contributed by atoms with Crippen LogP contribution in [-0.4, -0.2) is 28.1 Å². The van der Waals surface area contributed by atoms with E-state index in [0.29, 0.717) is 11.7 Å². The van der Waals surface area contributed by atoms with Gasteiger partial charge in [0.25, 0.3) is 0 Å². The second-order valence-corrected chi connectivity index (χ2v) is 3.56. The van der Waals surface area contributed by atoms with E-state index in [0.717, 1.165) is 11.5 Å². The monoisotopic (exact) mass is 217 g/mol. The molecule has 0 amide bonds. The predicted octanol–water partition coefficient (Wildman–Crippen LogP) is -0.183. The number of esters is 1. The number of ether oxygens (including phenoxy) is 1. The SMILES string of the molecule is CCOC(=O)CNc1nc(=O)n(C)s1. The molecule has 14 heavy (non-hydrogen) atoms. The number of nitrogens with one attached hydrogen (secondary N) is 1. The number of rotatable bonds is 4. The lowest BCUT2D eigenvalue weighted by atomic mass is 10.6. The molecule has 0 aliphatic carbocycles. The average molecular weight is 217 g/mol. The molecule has 0 spiro atoms. The average Bonchev–Trinajstić information content (AvgIpc) is 2.44. The van der Waals surface area contributed by atoms with Gasteiger partial charge in [0.15, 0.2) is 0 Å². The summed E-state index contributed by atoms with van der Waals surface area (Å²) < 4.78 is 6.06. The molecule has 0 aliphatic rings. The molecule has 0 atom stereocenters. The number of aryl methyl sites for hydroxylation is 1. The zero-order valence-corrected chi connectivity index (χ0v) is 8.76. The molecule has 78 valence electrons. The van der Waals surface area contributed by atoms with E-state index >= 15 is 0 Å². The number of nitrogens with zero attached hydrogens (tertiary/aromatic N) is 2. The highest BCUT2D eigenvalue weighted by Gasteiger charge is 2.05. The fourth-order valence-electron chi connectivity index (χ4n) is 0.778. The second-order valence-electron chi connectivity index (χ2n) is 2.45. The highest BCUT2D eigenvalue weighted by molar-refractivity contribution is 7.10. The molecule has 0 bridgehead atoms. The van der Waals surface area contributed by atoms with Gasteiger partial charge in [0.2, 0.25) is 5.13 Å². The minimum Gasteiger partial charge on any atom is -0.465 e. The molecule has 0 aromatic carbocycles. The van der Waals surface area contributed by atoms with Crippen molar-refractivity contribution in [3.05, 3.63) is 10.5 Å². The number of aromatic nitrogens is 2. The summed E-state index contributed by atoms with van der Waals surface area (Å²) in [7, 11) is 1.61. The molecular formula is C7H11N3O3S. The number of carbonyl (C=O) groups is 1. The summed E-state index contributed by atoms with van der Waals surface area (Å²) in [5, 5.41) is 3.12. The van der Waals surface area contributed by atoms with Crippen LogP contribution in [0.3, 0.4) is 0 Å². The van der Waals surface area contributed by atoms with E-state index < -0.39 is 0 Å². The number of anilines is 1. The van der Waals surface area contributed by atoms with Crippen LogP contribution in [0.4, 0.5) is 5.13 Å². The Hall–Kier alpha value is -1.37. The van der Waals surface area contributed by atoms with Crippen LogP contribution < -0.4 is 11.0 Å². The molecule has 1 aromatic rings. The van der Waals surface area contributed by atoms with Crippen LogP contribution in [-0.2, 0) is 16.6 Å². The van der Waals surface area contributed by atoms with E-state index in [-0.39, 0.29) is 18.2 Å². The van der Waals surface area contributed by atoms with Gasteiger partial charge in [0.1, 0.15) is 6.54 Å². The number of hydrogen-bond acceptors (Lipinski definition) is 6. The van der Waals surface area contributed by atoms with Crippen LogP contribution >= 0.6 is 11.5 Å². The summed E-state index contributed by atoms with van der Waals surface area (Å²) in [6.07, 6.45) is 0. The Morgan fingerprint density at radius 3 is 2.93 bits per heavy atom. The highest BCUT2D eigenvalue weighted by atomic mass is 32.1. The van der Waals surface area contributed by atoms with Gasteiger partial charge in [-0.1, -0.05) is 0 Å². The zero-order chi connectivity index (χ0) is 10.6. The molecule has 0 saturated heterocycles. The fraction of sp³-hybridized carbons (Fsp3) is 0.571. The summed E-state index contributed by atoms with van der Waals surface area (Å²) in [6.45, 7) is 2.11. The Balaban J connectivity index is 2.46. The van der Waals surface area contributed by atoms with Crippen LogP contribution in [0.25, 0.3) is 0 Å². The van der Waals surface area contributed by atoms with E-state index in [9.17, 15) is 9.59 Å².